The molecule has 4 heterocycles. The molecule has 15 heteroatoms. The maximum Gasteiger partial charge on any atom is 0.348 e. The molecule has 2 amide bonds. The van der Waals surface area contributed by atoms with Gasteiger partial charge in [0.2, 0.25) is 17.9 Å². The summed E-state index contributed by atoms with van der Waals surface area (Å²) in [5.74, 6) is -3.03. The summed E-state index contributed by atoms with van der Waals surface area (Å²) in [6.45, 7) is 3.68. The lowest BCUT2D eigenvalue weighted by Gasteiger charge is -2.48. The number of nitrogens with one attached hydrogen (secondary N) is 2. The zero-order chi connectivity index (χ0) is 36.4. The molecule has 0 spiro atoms. The molecule has 2 bridgehead atoms. The molecule has 7 fully saturated rings. The van der Waals surface area contributed by atoms with E-state index in [-0.39, 0.29) is 63.4 Å². The molecule has 0 aromatic heterocycles. The molecule has 4 saturated heterocycles. The van der Waals surface area contributed by atoms with Gasteiger partial charge in [0.05, 0.1) is 13.2 Å². The van der Waals surface area contributed by atoms with Crippen LogP contribution in [0, 0.1) is 22.7 Å². The summed E-state index contributed by atoms with van der Waals surface area (Å²) in [5, 5.41) is 16.0. The topological polar surface area (TPSA) is 188 Å². The third kappa shape index (κ3) is 5.99. The fourth-order valence-electron chi connectivity index (χ4n) is 8.66. The molecule has 7 atom stereocenters. The van der Waals surface area contributed by atoms with Gasteiger partial charge in [0, 0.05) is 49.3 Å². The van der Waals surface area contributed by atoms with Crippen molar-refractivity contribution in [2.24, 2.45) is 22.7 Å². The van der Waals surface area contributed by atoms with Crippen LogP contribution in [-0.4, -0.2) is 109 Å². The molecule has 1 aromatic carbocycles. The number of nitrogens with zero attached hydrogens (tertiary/aromatic N) is 1. The van der Waals surface area contributed by atoms with Gasteiger partial charge >= 0.3 is 17.9 Å². The quantitative estimate of drug-likeness (QED) is 0.148. The van der Waals surface area contributed by atoms with Gasteiger partial charge in [0.1, 0.15) is 36.4 Å². The third-order valence-electron chi connectivity index (χ3n) is 11.5. The van der Waals surface area contributed by atoms with Crippen LogP contribution in [0.25, 0.3) is 6.08 Å². The molecule has 4 aliphatic heterocycles. The van der Waals surface area contributed by atoms with E-state index in [0.717, 1.165) is 25.7 Å². The summed E-state index contributed by atoms with van der Waals surface area (Å²) in [6, 6.07) is 6.08. The highest BCUT2D eigenvalue weighted by Gasteiger charge is 2.78. The van der Waals surface area contributed by atoms with E-state index in [1.165, 1.54) is 11.1 Å². The summed E-state index contributed by atoms with van der Waals surface area (Å²) in [4.78, 5) is 72.4. The Balaban J connectivity index is 1.06. The average molecular weight is 724 g/mol. The van der Waals surface area contributed by atoms with E-state index in [1.807, 2.05) is 12.1 Å². The van der Waals surface area contributed by atoms with Crippen molar-refractivity contribution in [3.05, 3.63) is 41.5 Å². The van der Waals surface area contributed by atoms with Crippen LogP contribution < -0.4 is 10.6 Å². The Morgan fingerprint density at radius 3 is 2.42 bits per heavy atom. The van der Waals surface area contributed by atoms with Crippen molar-refractivity contribution in [2.45, 2.75) is 101 Å². The monoisotopic (exact) mass is 723 g/mol. The molecular formula is C37H45N3O12. The van der Waals surface area contributed by atoms with Gasteiger partial charge in [0.25, 0.3) is 0 Å². The molecule has 15 nitrogen and oxygen atoms in total. The minimum Gasteiger partial charge on any atom is -0.462 e. The first-order valence-electron chi connectivity index (χ1n) is 18.3. The summed E-state index contributed by atoms with van der Waals surface area (Å²) in [6.07, 6.45) is 2.91. The molecule has 52 heavy (non-hydrogen) atoms. The number of hydrogen-bond donors (Lipinski definition) is 3. The number of hydroxylamine groups is 2. The first-order chi connectivity index (χ1) is 25.0. The van der Waals surface area contributed by atoms with Gasteiger partial charge < -0.3 is 39.4 Å². The highest BCUT2D eigenvalue weighted by atomic mass is 16.8. The van der Waals surface area contributed by atoms with Gasteiger partial charge in [-0.15, -0.1) is 0 Å². The SMILES string of the molecule is CC1(C)COC(=O)[C@@H]1OC(=O)C=Cc1ccccc1CN1O[C@@H]2[C@H]3OC(C4CC4)(C4CC4)O[C@H]3[C@H]3C[C@]2(C(=O)NCCC(=O)NCCO)[C@@H]1C(=O)O3. The van der Waals surface area contributed by atoms with E-state index in [1.54, 1.807) is 32.1 Å². The molecule has 1 aromatic rings. The number of amides is 2. The number of benzene rings is 1. The van der Waals surface area contributed by atoms with Gasteiger partial charge in [-0.1, -0.05) is 38.1 Å². The van der Waals surface area contributed by atoms with E-state index < -0.39 is 77.0 Å². The maximum absolute atomic E-state index is 14.4. The Morgan fingerprint density at radius 2 is 1.73 bits per heavy atom. The van der Waals surface area contributed by atoms with Crippen molar-refractivity contribution in [3.8, 4) is 0 Å². The number of hydrogen-bond acceptors (Lipinski definition) is 13. The second-order valence-electron chi connectivity index (χ2n) is 15.7. The minimum absolute atomic E-state index is 0.00995. The largest absolute Gasteiger partial charge is 0.462 e. The van der Waals surface area contributed by atoms with Gasteiger partial charge in [-0.3, -0.25) is 19.2 Å². The van der Waals surface area contributed by atoms with Gasteiger partial charge in [-0.2, -0.15) is 5.06 Å². The van der Waals surface area contributed by atoms with Crippen LogP contribution in [0.2, 0.25) is 0 Å². The van der Waals surface area contributed by atoms with Gasteiger partial charge in [-0.05, 0) is 42.9 Å². The second kappa shape index (κ2) is 13.2. The number of esters is 3. The third-order valence-corrected chi connectivity index (χ3v) is 11.5. The summed E-state index contributed by atoms with van der Waals surface area (Å²) < 4.78 is 30.3. The maximum atomic E-state index is 14.4. The Morgan fingerprint density at radius 1 is 1.00 bits per heavy atom. The van der Waals surface area contributed by atoms with Crippen LogP contribution in [0.15, 0.2) is 30.3 Å². The zero-order valence-corrected chi connectivity index (χ0v) is 29.2. The van der Waals surface area contributed by atoms with Crippen molar-refractivity contribution >= 4 is 35.8 Å². The molecule has 3 aliphatic carbocycles. The molecule has 3 saturated carbocycles. The standard InChI is InChI=1S/C37H45N3O12/c1-35(2)19-47-33(45)31(35)49-26(43)12-7-20-5-3-4-6-21(20)18-40-29-32(44)48-24-17-36(29,34(46)39-14-13-25(42)38-15-16-41)30(52-40)28-27(24)50-37(51-28,22-8-9-22)23-10-11-23/h3-7,12,22-24,27-31,41H,8-11,13-19H2,1-2H3,(H,38,42)(H,39,46)/t24-,27+,28+,29+,30-,31+,36+/m1/s1. The zero-order valence-electron chi connectivity index (χ0n) is 29.2. The fourth-order valence-corrected chi connectivity index (χ4v) is 8.66. The number of carbonyl (C=O) groups is 5. The number of carbonyl (C=O) groups excluding carboxylic acids is 5. The molecule has 0 radical (unpaired) electrons. The van der Waals surface area contributed by atoms with Crippen LogP contribution in [-0.2, 0) is 59.0 Å². The van der Waals surface area contributed by atoms with Crippen LogP contribution in [0.3, 0.4) is 0 Å². The van der Waals surface area contributed by atoms with Crippen LogP contribution in [0.5, 0.6) is 0 Å². The van der Waals surface area contributed by atoms with Crippen molar-refractivity contribution in [1.82, 2.24) is 15.7 Å². The highest BCUT2D eigenvalue weighted by molar-refractivity contribution is 5.94. The van der Waals surface area contributed by atoms with E-state index in [0.29, 0.717) is 11.1 Å². The van der Waals surface area contributed by atoms with Gasteiger partial charge in [0.15, 0.2) is 11.8 Å². The van der Waals surface area contributed by atoms with Crippen molar-refractivity contribution < 1.29 is 57.6 Å². The summed E-state index contributed by atoms with van der Waals surface area (Å²) in [7, 11) is 0. The normalized spacial score (nSPS) is 34.1. The van der Waals surface area contributed by atoms with Gasteiger partial charge in [-0.25, -0.2) is 9.59 Å². The molecule has 3 N–H and O–H groups in total. The second-order valence-corrected chi connectivity index (χ2v) is 15.7. The molecular weight excluding hydrogens is 678 g/mol. The number of fused-ring (bicyclic) bond motifs is 4. The van der Waals surface area contributed by atoms with E-state index in [9.17, 15) is 24.0 Å². The summed E-state index contributed by atoms with van der Waals surface area (Å²) in [5.41, 5.74) is -0.760. The number of cyclic esters (lactones) is 1. The van der Waals surface area contributed by atoms with Crippen LogP contribution >= 0.6 is 0 Å². The predicted molar refractivity (Wildman–Crippen MR) is 177 cm³/mol. The number of ether oxygens (including phenoxy) is 5. The predicted octanol–water partition coefficient (Wildman–Crippen LogP) is 0.910. The Hall–Kier alpha value is -3.89. The number of rotatable bonds is 13. The Kier molecular flexibility index (Phi) is 8.92. The van der Waals surface area contributed by atoms with Crippen LogP contribution in [0.4, 0.5) is 0 Å². The fraction of sp³-hybridized carbons (Fsp3) is 0.649. The van der Waals surface area contributed by atoms with E-state index in [4.69, 9.17) is 33.6 Å². The van der Waals surface area contributed by atoms with Crippen LogP contribution in [0.1, 0.15) is 63.5 Å². The molecule has 0 unspecified atom stereocenters. The van der Waals surface area contributed by atoms with Crippen molar-refractivity contribution in [2.75, 3.05) is 26.3 Å². The number of aliphatic hydroxyl groups excluding tert-OH is 1. The first-order valence-corrected chi connectivity index (χ1v) is 18.3. The Bertz CT molecular complexity index is 1660. The van der Waals surface area contributed by atoms with Crippen molar-refractivity contribution in [3.63, 3.8) is 0 Å². The average Bonchev–Trinajstić information content (AvgIpc) is 4.06. The highest BCUT2D eigenvalue weighted by Crippen LogP contribution is 2.63. The lowest BCUT2D eigenvalue weighted by atomic mass is 9.62. The van der Waals surface area contributed by atoms with Crippen molar-refractivity contribution in [1.29, 1.82) is 0 Å². The lowest BCUT2D eigenvalue weighted by molar-refractivity contribution is -0.235. The number of aliphatic hydroxyl groups is 1. The molecule has 8 rings (SSSR count). The minimum atomic E-state index is -1.41. The van der Waals surface area contributed by atoms with E-state index in [2.05, 4.69) is 10.6 Å². The summed E-state index contributed by atoms with van der Waals surface area (Å²) >= 11 is 0. The lowest BCUT2D eigenvalue weighted by Crippen LogP contribution is -2.69. The smallest absolute Gasteiger partial charge is 0.348 e. The molecule has 280 valence electrons. The first kappa shape index (κ1) is 35.2. The van der Waals surface area contributed by atoms with E-state index >= 15 is 0 Å². The molecule has 7 aliphatic rings. The Labute approximate surface area is 300 Å².